The van der Waals surface area contributed by atoms with Crippen molar-refractivity contribution in [2.75, 3.05) is 0 Å². The first-order chi connectivity index (χ1) is 13.1. The van der Waals surface area contributed by atoms with Crippen molar-refractivity contribution in [1.29, 1.82) is 0 Å². The zero-order valence-electron chi connectivity index (χ0n) is 14.4. The lowest BCUT2D eigenvalue weighted by Crippen LogP contribution is -2.26. The maximum absolute atomic E-state index is 12.7. The molecular formula is C20H15N3O4. The normalized spacial score (nSPS) is 12.2. The summed E-state index contributed by atoms with van der Waals surface area (Å²) in [6.45, 7) is 1.51. The van der Waals surface area contributed by atoms with Gasteiger partial charge in [0.05, 0.1) is 5.39 Å². The fraction of sp³-hybridized carbons (Fsp3) is 0.100. The van der Waals surface area contributed by atoms with E-state index in [0.717, 1.165) is 10.9 Å². The van der Waals surface area contributed by atoms with Gasteiger partial charge in [-0.1, -0.05) is 36.4 Å². The summed E-state index contributed by atoms with van der Waals surface area (Å²) in [4.78, 5) is 40.1. The topological polar surface area (TPSA) is 105 Å². The maximum Gasteiger partial charge on any atom is 0.360 e. The van der Waals surface area contributed by atoms with Gasteiger partial charge in [0.1, 0.15) is 0 Å². The van der Waals surface area contributed by atoms with Crippen molar-refractivity contribution in [3.63, 3.8) is 0 Å². The Morgan fingerprint density at radius 1 is 1.00 bits per heavy atom. The molecule has 0 aliphatic rings. The molecule has 0 unspecified atom stereocenters. The number of hydrogen-bond acceptors (Lipinski definition) is 5. The lowest BCUT2D eigenvalue weighted by Gasteiger charge is -2.12. The van der Waals surface area contributed by atoms with Gasteiger partial charge in [0.2, 0.25) is 5.78 Å². The molecular weight excluding hydrogens is 346 g/mol. The van der Waals surface area contributed by atoms with Gasteiger partial charge < -0.3 is 9.72 Å². The number of hydrogen-bond donors (Lipinski definition) is 2. The van der Waals surface area contributed by atoms with E-state index in [-0.39, 0.29) is 11.5 Å². The number of fused-ring (bicyclic) bond motifs is 2. The summed E-state index contributed by atoms with van der Waals surface area (Å²) in [7, 11) is 0. The highest BCUT2D eigenvalue weighted by Gasteiger charge is 2.24. The molecule has 2 aromatic carbocycles. The smallest absolute Gasteiger partial charge is 0.360 e. The summed E-state index contributed by atoms with van der Waals surface area (Å²) in [5.41, 5.74) is 0.840. The Bertz CT molecular complexity index is 1240. The zero-order valence-corrected chi connectivity index (χ0v) is 14.4. The summed E-state index contributed by atoms with van der Waals surface area (Å²) in [6.07, 6.45) is 0.592. The molecule has 2 heterocycles. The predicted molar refractivity (Wildman–Crippen MR) is 99.9 cm³/mol. The number of nitrogens with one attached hydrogen (secondary N) is 2. The van der Waals surface area contributed by atoms with E-state index in [0.29, 0.717) is 16.3 Å². The highest BCUT2D eigenvalue weighted by molar-refractivity contribution is 6.11. The zero-order chi connectivity index (χ0) is 19.0. The Morgan fingerprint density at radius 3 is 2.44 bits per heavy atom. The third-order valence-corrected chi connectivity index (χ3v) is 4.40. The van der Waals surface area contributed by atoms with Gasteiger partial charge in [0.25, 0.3) is 5.56 Å². The van der Waals surface area contributed by atoms with Crippen LogP contribution in [0.2, 0.25) is 0 Å². The van der Waals surface area contributed by atoms with Crippen molar-refractivity contribution in [2.24, 2.45) is 0 Å². The minimum atomic E-state index is -1.01. The number of rotatable bonds is 4. The summed E-state index contributed by atoms with van der Waals surface area (Å²) in [5, 5.41) is 7.55. The fourth-order valence-corrected chi connectivity index (χ4v) is 3.03. The van der Waals surface area contributed by atoms with E-state index in [1.165, 1.54) is 6.92 Å². The number of ketones is 1. The Balaban J connectivity index is 1.62. The standard InChI is InChI=1S/C20H15N3O4/c1-11(18(24)15-10-21-16-9-5-4-6-12(15)16)27-20(26)17-13-7-2-3-8-14(13)19(25)23-22-17/h2-11,21H,1H3,(H,23,25)/t11-/m0/s1. The lowest BCUT2D eigenvalue weighted by atomic mass is 10.1. The number of para-hydroxylation sites is 1. The number of H-pyrrole nitrogens is 2. The fourth-order valence-electron chi connectivity index (χ4n) is 3.03. The second-order valence-corrected chi connectivity index (χ2v) is 6.11. The number of benzene rings is 2. The molecule has 134 valence electrons. The van der Waals surface area contributed by atoms with Crippen LogP contribution >= 0.6 is 0 Å². The summed E-state index contributed by atoms with van der Waals surface area (Å²) < 4.78 is 5.33. The molecule has 0 aliphatic heterocycles. The third kappa shape index (κ3) is 2.89. The average Bonchev–Trinajstić information content (AvgIpc) is 3.12. The van der Waals surface area contributed by atoms with Crippen molar-refractivity contribution in [2.45, 2.75) is 13.0 Å². The molecule has 2 aromatic heterocycles. The Morgan fingerprint density at radius 2 is 1.67 bits per heavy atom. The molecule has 1 atom stereocenters. The molecule has 0 saturated carbocycles. The van der Waals surface area contributed by atoms with Crippen LogP contribution in [0.4, 0.5) is 0 Å². The molecule has 7 nitrogen and oxygen atoms in total. The number of aromatic amines is 2. The first-order valence-corrected chi connectivity index (χ1v) is 8.35. The van der Waals surface area contributed by atoms with Crippen LogP contribution in [0.15, 0.2) is 59.5 Å². The van der Waals surface area contributed by atoms with Crippen LogP contribution < -0.4 is 5.56 Å². The molecule has 4 aromatic rings. The van der Waals surface area contributed by atoms with Crippen LogP contribution in [0.3, 0.4) is 0 Å². The highest BCUT2D eigenvalue weighted by atomic mass is 16.5. The molecule has 0 radical (unpaired) electrons. The molecule has 0 fully saturated rings. The molecule has 0 aliphatic carbocycles. The van der Waals surface area contributed by atoms with E-state index in [1.807, 2.05) is 24.3 Å². The molecule has 0 spiro atoms. The molecule has 2 N–H and O–H groups in total. The van der Waals surface area contributed by atoms with E-state index >= 15 is 0 Å². The first kappa shape index (κ1) is 16.7. The van der Waals surface area contributed by atoms with Gasteiger partial charge in [0.15, 0.2) is 11.8 Å². The van der Waals surface area contributed by atoms with Gasteiger partial charge in [-0.05, 0) is 19.1 Å². The van der Waals surface area contributed by atoms with E-state index in [4.69, 9.17) is 4.74 Å². The molecule has 4 rings (SSSR count). The van der Waals surface area contributed by atoms with Crippen molar-refractivity contribution >= 4 is 33.4 Å². The molecule has 0 saturated heterocycles. The summed E-state index contributed by atoms with van der Waals surface area (Å²) in [6, 6.07) is 14.0. The number of nitrogens with zero attached hydrogens (tertiary/aromatic N) is 1. The van der Waals surface area contributed by atoms with E-state index in [1.54, 1.807) is 30.5 Å². The van der Waals surface area contributed by atoms with E-state index in [9.17, 15) is 14.4 Å². The number of aromatic nitrogens is 3. The highest BCUT2D eigenvalue weighted by Crippen LogP contribution is 2.21. The van der Waals surface area contributed by atoms with Crippen molar-refractivity contribution in [1.82, 2.24) is 15.2 Å². The number of carbonyl (C=O) groups is 2. The van der Waals surface area contributed by atoms with Crippen molar-refractivity contribution < 1.29 is 14.3 Å². The second kappa shape index (κ2) is 6.53. The summed E-state index contributed by atoms with van der Waals surface area (Å²) in [5.74, 6) is -1.10. The Labute approximate surface area is 153 Å². The Kier molecular flexibility index (Phi) is 4.04. The van der Waals surface area contributed by atoms with Gasteiger partial charge in [-0.2, -0.15) is 5.10 Å². The molecule has 0 bridgehead atoms. The molecule has 27 heavy (non-hydrogen) atoms. The minimum absolute atomic E-state index is 0.0382. The number of carbonyl (C=O) groups excluding carboxylic acids is 2. The molecule has 0 amide bonds. The van der Waals surface area contributed by atoms with E-state index < -0.39 is 17.6 Å². The van der Waals surface area contributed by atoms with Gasteiger partial charge in [-0.25, -0.2) is 9.89 Å². The van der Waals surface area contributed by atoms with Crippen LogP contribution in [-0.2, 0) is 4.74 Å². The van der Waals surface area contributed by atoms with Crippen LogP contribution in [0.25, 0.3) is 21.7 Å². The van der Waals surface area contributed by atoms with Crippen molar-refractivity contribution in [3.05, 3.63) is 76.3 Å². The van der Waals surface area contributed by atoms with Gasteiger partial charge in [0, 0.05) is 28.0 Å². The summed E-state index contributed by atoms with van der Waals surface area (Å²) >= 11 is 0. The maximum atomic E-state index is 12.7. The number of Topliss-reactive ketones (excluding diaryl/α,β-unsaturated/α-hetero) is 1. The third-order valence-electron chi connectivity index (χ3n) is 4.40. The quantitative estimate of drug-likeness (QED) is 0.429. The van der Waals surface area contributed by atoms with Gasteiger partial charge >= 0.3 is 5.97 Å². The average molecular weight is 361 g/mol. The largest absolute Gasteiger partial charge is 0.449 e. The van der Waals surface area contributed by atoms with Crippen molar-refractivity contribution in [3.8, 4) is 0 Å². The number of ether oxygens (including phenoxy) is 1. The second-order valence-electron chi connectivity index (χ2n) is 6.11. The van der Waals surface area contributed by atoms with E-state index in [2.05, 4.69) is 15.2 Å². The first-order valence-electron chi connectivity index (χ1n) is 8.35. The van der Waals surface area contributed by atoms with Crippen LogP contribution in [0.1, 0.15) is 27.8 Å². The Hall–Kier alpha value is -3.74. The monoisotopic (exact) mass is 361 g/mol. The van der Waals surface area contributed by atoms with Crippen LogP contribution in [0.5, 0.6) is 0 Å². The van der Waals surface area contributed by atoms with Crippen LogP contribution in [-0.4, -0.2) is 33.0 Å². The van der Waals surface area contributed by atoms with Gasteiger partial charge in [-0.3, -0.25) is 9.59 Å². The van der Waals surface area contributed by atoms with Crippen LogP contribution in [0, 0.1) is 0 Å². The van der Waals surface area contributed by atoms with Gasteiger partial charge in [-0.15, -0.1) is 0 Å². The molecule has 7 heteroatoms. The minimum Gasteiger partial charge on any atom is -0.449 e. The number of esters is 1. The lowest BCUT2D eigenvalue weighted by molar-refractivity contribution is 0.0314. The predicted octanol–water partition coefficient (Wildman–Crippen LogP) is 2.83. The SMILES string of the molecule is C[C@H](OC(=O)c1n[nH]c(=O)c2ccccc12)C(=O)c1c[nH]c2ccccc12.